The topological polar surface area (TPSA) is 29.9 Å². The number of rotatable bonds is 6. The molecule has 1 heterocycles. The number of aromatic nitrogens is 2. The Morgan fingerprint density at radius 3 is 2.60 bits per heavy atom. The van der Waals surface area contributed by atoms with Crippen molar-refractivity contribution in [3.63, 3.8) is 0 Å². The molecule has 0 fully saturated rings. The standard InChI is InChI=1S/C12H23N3/c1-5-8-11(13-4)12-9-10(6-2)14-15(12)7-3/h9,11,13H,5-8H2,1-4H3. The first-order chi connectivity index (χ1) is 7.26. The molecule has 0 saturated carbocycles. The van der Waals surface area contributed by atoms with Crippen molar-refractivity contribution in [2.75, 3.05) is 7.05 Å². The molecule has 0 aliphatic rings. The van der Waals surface area contributed by atoms with Gasteiger partial charge < -0.3 is 5.32 Å². The molecule has 0 saturated heterocycles. The van der Waals surface area contributed by atoms with Crippen LogP contribution in [0.15, 0.2) is 6.07 Å². The summed E-state index contributed by atoms with van der Waals surface area (Å²) in [7, 11) is 2.03. The van der Waals surface area contributed by atoms with Crippen molar-refractivity contribution in [2.24, 2.45) is 0 Å². The lowest BCUT2D eigenvalue weighted by molar-refractivity contribution is 0.483. The van der Waals surface area contributed by atoms with Crippen molar-refractivity contribution in [1.82, 2.24) is 15.1 Å². The molecule has 1 aromatic rings. The van der Waals surface area contributed by atoms with Gasteiger partial charge in [0.1, 0.15) is 0 Å². The lowest BCUT2D eigenvalue weighted by Crippen LogP contribution is -2.19. The molecule has 0 aliphatic heterocycles. The van der Waals surface area contributed by atoms with E-state index in [1.165, 1.54) is 24.2 Å². The highest BCUT2D eigenvalue weighted by Crippen LogP contribution is 2.19. The maximum absolute atomic E-state index is 4.57. The molecule has 0 aromatic carbocycles. The van der Waals surface area contributed by atoms with Crippen molar-refractivity contribution in [1.29, 1.82) is 0 Å². The van der Waals surface area contributed by atoms with Crippen LogP contribution < -0.4 is 5.32 Å². The van der Waals surface area contributed by atoms with Crippen molar-refractivity contribution in [3.05, 3.63) is 17.5 Å². The molecule has 0 spiro atoms. The molecule has 1 rings (SSSR count). The fourth-order valence-corrected chi connectivity index (χ4v) is 1.92. The highest BCUT2D eigenvalue weighted by Gasteiger charge is 2.14. The summed E-state index contributed by atoms with van der Waals surface area (Å²) < 4.78 is 2.12. The van der Waals surface area contributed by atoms with Gasteiger partial charge in [0.05, 0.1) is 11.4 Å². The predicted octanol–water partition coefficient (Wildman–Crippen LogP) is 2.53. The average molecular weight is 209 g/mol. The van der Waals surface area contributed by atoms with E-state index >= 15 is 0 Å². The van der Waals surface area contributed by atoms with E-state index in [1.807, 2.05) is 7.05 Å². The Balaban J connectivity index is 2.93. The summed E-state index contributed by atoms with van der Waals surface area (Å²) in [6.45, 7) is 7.48. The number of hydrogen-bond donors (Lipinski definition) is 1. The predicted molar refractivity (Wildman–Crippen MR) is 64.0 cm³/mol. The number of nitrogens with one attached hydrogen (secondary N) is 1. The summed E-state index contributed by atoms with van der Waals surface area (Å²) in [5, 5.41) is 7.95. The Morgan fingerprint density at radius 2 is 2.13 bits per heavy atom. The number of hydrogen-bond acceptors (Lipinski definition) is 2. The zero-order valence-electron chi connectivity index (χ0n) is 10.4. The van der Waals surface area contributed by atoms with Gasteiger partial charge in [0, 0.05) is 12.6 Å². The second kappa shape index (κ2) is 5.91. The van der Waals surface area contributed by atoms with Crippen molar-refractivity contribution in [2.45, 2.75) is 52.6 Å². The van der Waals surface area contributed by atoms with E-state index in [0.717, 1.165) is 13.0 Å². The zero-order chi connectivity index (χ0) is 11.3. The summed E-state index contributed by atoms with van der Waals surface area (Å²) in [5.41, 5.74) is 2.53. The minimum atomic E-state index is 0.447. The van der Waals surface area contributed by atoms with E-state index in [-0.39, 0.29) is 0 Å². The summed E-state index contributed by atoms with van der Waals surface area (Å²) in [5.74, 6) is 0. The van der Waals surface area contributed by atoms with Gasteiger partial charge in [-0.05, 0) is 32.9 Å². The Hall–Kier alpha value is -0.830. The van der Waals surface area contributed by atoms with Gasteiger partial charge in [0.25, 0.3) is 0 Å². The van der Waals surface area contributed by atoms with Crippen LogP contribution in [-0.2, 0) is 13.0 Å². The first-order valence-corrected chi connectivity index (χ1v) is 6.00. The third-order valence-electron chi connectivity index (χ3n) is 2.81. The summed E-state index contributed by atoms with van der Waals surface area (Å²) in [6.07, 6.45) is 3.38. The first-order valence-electron chi connectivity index (χ1n) is 6.00. The lowest BCUT2D eigenvalue weighted by atomic mass is 10.1. The largest absolute Gasteiger partial charge is 0.312 e. The van der Waals surface area contributed by atoms with Gasteiger partial charge in [-0.15, -0.1) is 0 Å². The van der Waals surface area contributed by atoms with Crippen LogP contribution in [0.1, 0.15) is 51.0 Å². The fraction of sp³-hybridized carbons (Fsp3) is 0.750. The molecule has 86 valence electrons. The molecule has 3 nitrogen and oxygen atoms in total. The smallest absolute Gasteiger partial charge is 0.0625 e. The normalized spacial score (nSPS) is 13.1. The van der Waals surface area contributed by atoms with Gasteiger partial charge >= 0.3 is 0 Å². The van der Waals surface area contributed by atoms with Crippen LogP contribution in [0.2, 0.25) is 0 Å². The van der Waals surface area contributed by atoms with Crippen LogP contribution in [0.5, 0.6) is 0 Å². The molecule has 0 bridgehead atoms. The maximum Gasteiger partial charge on any atom is 0.0625 e. The minimum Gasteiger partial charge on any atom is -0.312 e. The van der Waals surface area contributed by atoms with E-state index in [0.29, 0.717) is 6.04 Å². The van der Waals surface area contributed by atoms with Gasteiger partial charge in [-0.2, -0.15) is 5.10 Å². The number of aryl methyl sites for hydroxylation is 2. The van der Waals surface area contributed by atoms with E-state index in [4.69, 9.17) is 0 Å². The van der Waals surface area contributed by atoms with Crippen LogP contribution in [0.4, 0.5) is 0 Å². The lowest BCUT2D eigenvalue weighted by Gasteiger charge is -2.16. The van der Waals surface area contributed by atoms with Crippen molar-refractivity contribution >= 4 is 0 Å². The highest BCUT2D eigenvalue weighted by atomic mass is 15.3. The van der Waals surface area contributed by atoms with Gasteiger partial charge in [0.15, 0.2) is 0 Å². The molecule has 0 amide bonds. The third-order valence-corrected chi connectivity index (χ3v) is 2.81. The molecule has 15 heavy (non-hydrogen) atoms. The van der Waals surface area contributed by atoms with Crippen LogP contribution in [0.25, 0.3) is 0 Å². The molecule has 0 aliphatic carbocycles. The van der Waals surface area contributed by atoms with Crippen LogP contribution in [0.3, 0.4) is 0 Å². The van der Waals surface area contributed by atoms with E-state index in [2.05, 4.69) is 41.9 Å². The molecule has 1 atom stereocenters. The molecule has 1 unspecified atom stereocenters. The van der Waals surface area contributed by atoms with Crippen LogP contribution in [-0.4, -0.2) is 16.8 Å². The van der Waals surface area contributed by atoms with E-state index in [9.17, 15) is 0 Å². The van der Waals surface area contributed by atoms with Gasteiger partial charge in [0.2, 0.25) is 0 Å². The molecule has 0 radical (unpaired) electrons. The quantitative estimate of drug-likeness (QED) is 0.780. The molecule has 1 aromatic heterocycles. The third kappa shape index (κ3) is 2.81. The second-order valence-electron chi connectivity index (χ2n) is 3.86. The van der Waals surface area contributed by atoms with Crippen molar-refractivity contribution in [3.8, 4) is 0 Å². The Bertz CT molecular complexity index is 291. The van der Waals surface area contributed by atoms with Gasteiger partial charge in [-0.1, -0.05) is 20.3 Å². The molecule has 1 N–H and O–H groups in total. The zero-order valence-corrected chi connectivity index (χ0v) is 10.4. The second-order valence-corrected chi connectivity index (χ2v) is 3.86. The van der Waals surface area contributed by atoms with Crippen molar-refractivity contribution < 1.29 is 0 Å². The SMILES string of the molecule is CCCC(NC)c1cc(CC)nn1CC. The Labute approximate surface area is 92.9 Å². The minimum absolute atomic E-state index is 0.447. The Morgan fingerprint density at radius 1 is 1.40 bits per heavy atom. The monoisotopic (exact) mass is 209 g/mol. The average Bonchev–Trinajstić information content (AvgIpc) is 2.68. The van der Waals surface area contributed by atoms with Crippen LogP contribution in [0, 0.1) is 0 Å². The van der Waals surface area contributed by atoms with Crippen LogP contribution >= 0.6 is 0 Å². The van der Waals surface area contributed by atoms with Gasteiger partial charge in [-0.3, -0.25) is 4.68 Å². The van der Waals surface area contributed by atoms with Gasteiger partial charge in [-0.25, -0.2) is 0 Å². The fourth-order valence-electron chi connectivity index (χ4n) is 1.92. The summed E-state index contributed by atoms with van der Waals surface area (Å²) >= 11 is 0. The maximum atomic E-state index is 4.57. The number of nitrogens with zero attached hydrogens (tertiary/aromatic N) is 2. The molecule has 3 heteroatoms. The molecular weight excluding hydrogens is 186 g/mol. The first kappa shape index (κ1) is 12.2. The summed E-state index contributed by atoms with van der Waals surface area (Å²) in [6, 6.07) is 2.68. The van der Waals surface area contributed by atoms with E-state index < -0.39 is 0 Å². The molecular formula is C12H23N3. The van der Waals surface area contributed by atoms with E-state index in [1.54, 1.807) is 0 Å². The Kier molecular flexibility index (Phi) is 4.82. The summed E-state index contributed by atoms with van der Waals surface area (Å²) in [4.78, 5) is 0. The highest BCUT2D eigenvalue weighted by molar-refractivity contribution is 5.14.